The highest BCUT2D eigenvalue weighted by atomic mass is 16.5. The third kappa shape index (κ3) is 3.55. The number of nitrogens with two attached hydrogens (primary N) is 1. The molecule has 0 amide bonds. The fraction of sp³-hybridized carbons (Fsp3) is 0.533. The van der Waals surface area contributed by atoms with E-state index in [9.17, 15) is 0 Å². The monoisotopic (exact) mass is 261 g/mol. The van der Waals surface area contributed by atoms with Gasteiger partial charge < -0.3 is 15.0 Å². The van der Waals surface area contributed by atoms with E-state index in [1.165, 1.54) is 10.9 Å². The van der Waals surface area contributed by atoms with Crippen LogP contribution < -0.4 is 5.73 Å². The van der Waals surface area contributed by atoms with Crippen molar-refractivity contribution in [3.63, 3.8) is 0 Å². The van der Waals surface area contributed by atoms with Crippen molar-refractivity contribution >= 4 is 11.0 Å². The van der Waals surface area contributed by atoms with Crippen LogP contribution in [0.3, 0.4) is 0 Å². The van der Waals surface area contributed by atoms with E-state index in [1.54, 1.807) is 0 Å². The molecule has 2 aromatic heterocycles. The molecule has 2 aromatic rings. The summed E-state index contributed by atoms with van der Waals surface area (Å²) >= 11 is 0. The van der Waals surface area contributed by atoms with Crippen LogP contribution in [-0.2, 0) is 17.7 Å². The van der Waals surface area contributed by atoms with Gasteiger partial charge in [0, 0.05) is 37.0 Å². The van der Waals surface area contributed by atoms with Crippen molar-refractivity contribution in [3.05, 3.63) is 30.1 Å². The van der Waals surface area contributed by atoms with Crippen LogP contribution in [-0.4, -0.2) is 28.8 Å². The first-order chi connectivity index (χ1) is 9.22. The van der Waals surface area contributed by atoms with Crippen LogP contribution in [0.25, 0.3) is 11.0 Å². The van der Waals surface area contributed by atoms with Crippen LogP contribution in [0, 0.1) is 0 Å². The molecule has 4 nitrogen and oxygen atoms in total. The van der Waals surface area contributed by atoms with Crippen LogP contribution in [0.5, 0.6) is 0 Å². The second kappa shape index (κ2) is 6.68. The fourth-order valence-electron chi connectivity index (χ4n) is 2.28. The highest BCUT2D eigenvalue weighted by Crippen LogP contribution is 2.20. The number of hydrogen-bond donors (Lipinski definition) is 1. The van der Waals surface area contributed by atoms with Gasteiger partial charge in [-0.2, -0.15) is 0 Å². The Morgan fingerprint density at radius 3 is 3.00 bits per heavy atom. The standard InChI is InChI=1S/C15H23N3O/c1-3-8-19-9-7-18-11-13(10-12(2)16)14-5-4-6-17-15(14)18/h4-6,11-12H,3,7-10,16H2,1-2H3. The summed E-state index contributed by atoms with van der Waals surface area (Å²) in [5.41, 5.74) is 8.21. The van der Waals surface area contributed by atoms with Crippen molar-refractivity contribution in [2.24, 2.45) is 5.73 Å². The lowest BCUT2D eigenvalue weighted by Crippen LogP contribution is -2.17. The maximum atomic E-state index is 5.91. The van der Waals surface area contributed by atoms with Crippen LogP contribution in [0.2, 0.25) is 0 Å². The van der Waals surface area contributed by atoms with Crippen molar-refractivity contribution in [2.75, 3.05) is 13.2 Å². The maximum Gasteiger partial charge on any atom is 0.140 e. The molecule has 2 rings (SSSR count). The topological polar surface area (TPSA) is 53.1 Å². The minimum Gasteiger partial charge on any atom is -0.380 e. The van der Waals surface area contributed by atoms with Crippen LogP contribution >= 0.6 is 0 Å². The molecule has 19 heavy (non-hydrogen) atoms. The minimum absolute atomic E-state index is 0.163. The first-order valence-corrected chi connectivity index (χ1v) is 6.98. The molecule has 2 heterocycles. The van der Waals surface area contributed by atoms with Gasteiger partial charge in [-0.25, -0.2) is 4.98 Å². The first kappa shape index (κ1) is 14.0. The Morgan fingerprint density at radius 2 is 2.26 bits per heavy atom. The molecule has 0 aliphatic rings. The predicted molar refractivity (Wildman–Crippen MR) is 78.2 cm³/mol. The molecule has 0 fully saturated rings. The van der Waals surface area contributed by atoms with Crippen LogP contribution in [0.1, 0.15) is 25.8 Å². The van der Waals surface area contributed by atoms with Gasteiger partial charge in [0.25, 0.3) is 0 Å². The van der Waals surface area contributed by atoms with E-state index in [0.29, 0.717) is 0 Å². The van der Waals surface area contributed by atoms with Gasteiger partial charge in [0.2, 0.25) is 0 Å². The van der Waals surface area contributed by atoms with E-state index in [1.807, 2.05) is 19.2 Å². The summed E-state index contributed by atoms with van der Waals surface area (Å²) in [4.78, 5) is 4.47. The molecule has 0 radical (unpaired) electrons. The van der Waals surface area contributed by atoms with Gasteiger partial charge in [0.05, 0.1) is 6.61 Å². The summed E-state index contributed by atoms with van der Waals surface area (Å²) in [6.07, 6.45) is 5.93. The van der Waals surface area contributed by atoms with Gasteiger partial charge in [0.1, 0.15) is 5.65 Å². The van der Waals surface area contributed by atoms with Gasteiger partial charge >= 0.3 is 0 Å². The number of hydrogen-bond acceptors (Lipinski definition) is 3. The van der Waals surface area contributed by atoms with Crippen molar-refractivity contribution < 1.29 is 4.74 Å². The van der Waals surface area contributed by atoms with E-state index < -0.39 is 0 Å². The molecule has 0 saturated heterocycles. The van der Waals surface area contributed by atoms with Crippen LogP contribution in [0.4, 0.5) is 0 Å². The largest absolute Gasteiger partial charge is 0.380 e. The SMILES string of the molecule is CCCOCCn1cc(CC(C)N)c2cccnc21. The van der Waals surface area contributed by atoms with Crippen molar-refractivity contribution in [1.82, 2.24) is 9.55 Å². The third-order valence-electron chi connectivity index (χ3n) is 3.08. The lowest BCUT2D eigenvalue weighted by molar-refractivity contribution is 0.127. The average Bonchev–Trinajstić information content (AvgIpc) is 2.73. The van der Waals surface area contributed by atoms with E-state index in [0.717, 1.165) is 38.2 Å². The number of rotatable bonds is 7. The minimum atomic E-state index is 0.163. The molecule has 1 unspecified atom stereocenters. The second-order valence-electron chi connectivity index (χ2n) is 5.02. The summed E-state index contributed by atoms with van der Waals surface area (Å²) < 4.78 is 7.72. The highest BCUT2D eigenvalue weighted by molar-refractivity contribution is 5.80. The van der Waals surface area contributed by atoms with E-state index in [2.05, 4.69) is 28.7 Å². The van der Waals surface area contributed by atoms with Crippen LogP contribution in [0.15, 0.2) is 24.5 Å². The number of ether oxygens (including phenoxy) is 1. The summed E-state index contributed by atoms with van der Waals surface area (Å²) in [7, 11) is 0. The number of nitrogens with zero attached hydrogens (tertiary/aromatic N) is 2. The number of pyridine rings is 1. The fourth-order valence-corrected chi connectivity index (χ4v) is 2.28. The van der Waals surface area contributed by atoms with Crippen molar-refractivity contribution in [3.8, 4) is 0 Å². The molecule has 0 bridgehead atoms. The van der Waals surface area contributed by atoms with Gasteiger partial charge in [-0.1, -0.05) is 6.92 Å². The summed E-state index contributed by atoms with van der Waals surface area (Å²) in [5.74, 6) is 0. The second-order valence-corrected chi connectivity index (χ2v) is 5.02. The average molecular weight is 261 g/mol. The van der Waals surface area contributed by atoms with Gasteiger partial charge in [-0.15, -0.1) is 0 Å². The molecule has 0 spiro atoms. The Hall–Kier alpha value is -1.39. The number of fused-ring (bicyclic) bond motifs is 1. The molecule has 4 heteroatoms. The molecule has 0 aromatic carbocycles. The van der Waals surface area contributed by atoms with Gasteiger partial charge in [0.15, 0.2) is 0 Å². The quantitative estimate of drug-likeness (QED) is 0.778. The Labute approximate surface area is 114 Å². The predicted octanol–water partition coefficient (Wildman–Crippen LogP) is 2.35. The Morgan fingerprint density at radius 1 is 1.42 bits per heavy atom. The van der Waals surface area contributed by atoms with Gasteiger partial charge in [-0.05, 0) is 37.5 Å². The van der Waals surface area contributed by atoms with E-state index >= 15 is 0 Å². The molecule has 2 N–H and O–H groups in total. The van der Waals surface area contributed by atoms with Crippen molar-refractivity contribution in [2.45, 2.75) is 39.3 Å². The Kier molecular flexibility index (Phi) is 4.93. The smallest absolute Gasteiger partial charge is 0.140 e. The molecule has 0 saturated carbocycles. The highest BCUT2D eigenvalue weighted by Gasteiger charge is 2.10. The van der Waals surface area contributed by atoms with Crippen molar-refractivity contribution in [1.29, 1.82) is 0 Å². The zero-order valence-electron chi connectivity index (χ0n) is 11.8. The van der Waals surface area contributed by atoms with Gasteiger partial charge in [-0.3, -0.25) is 0 Å². The lowest BCUT2D eigenvalue weighted by Gasteiger charge is -2.05. The number of aromatic nitrogens is 2. The first-order valence-electron chi connectivity index (χ1n) is 6.98. The Bertz CT molecular complexity index is 519. The zero-order chi connectivity index (χ0) is 13.7. The summed E-state index contributed by atoms with van der Waals surface area (Å²) in [6, 6.07) is 4.25. The molecular weight excluding hydrogens is 238 g/mol. The zero-order valence-corrected chi connectivity index (χ0v) is 11.8. The van der Waals surface area contributed by atoms with E-state index in [-0.39, 0.29) is 6.04 Å². The third-order valence-corrected chi connectivity index (χ3v) is 3.08. The molecular formula is C15H23N3O. The summed E-state index contributed by atoms with van der Waals surface area (Å²) in [6.45, 7) is 6.54. The Balaban J connectivity index is 2.18. The molecule has 1 atom stereocenters. The lowest BCUT2D eigenvalue weighted by atomic mass is 10.1. The van der Waals surface area contributed by atoms with E-state index in [4.69, 9.17) is 10.5 Å². The summed E-state index contributed by atoms with van der Waals surface area (Å²) in [5, 5.41) is 1.20. The normalized spacial score (nSPS) is 13.0. The molecule has 0 aliphatic heterocycles. The molecule has 0 aliphatic carbocycles. The molecule has 104 valence electrons. The maximum absolute atomic E-state index is 5.91.